The fourth-order valence-electron chi connectivity index (χ4n) is 1.59. The van der Waals surface area contributed by atoms with Crippen molar-refractivity contribution < 1.29 is 4.79 Å². The summed E-state index contributed by atoms with van der Waals surface area (Å²) < 4.78 is 0. The zero-order chi connectivity index (χ0) is 12.0. The standard InChI is InChI=1S/C12H20N2OS/c1-10(15)6-4-5-7-14(3)8-12-9-16-11(2)13-12/h9H,4-8H2,1-3H3. The SMILES string of the molecule is CC(=O)CCCCN(C)Cc1csc(C)n1. The molecule has 1 aromatic rings. The van der Waals surface area contributed by atoms with Gasteiger partial charge < -0.3 is 9.69 Å². The van der Waals surface area contributed by atoms with Crippen molar-refractivity contribution in [1.82, 2.24) is 9.88 Å². The molecule has 0 atom stereocenters. The lowest BCUT2D eigenvalue weighted by Gasteiger charge is -2.14. The van der Waals surface area contributed by atoms with Gasteiger partial charge in [0.05, 0.1) is 10.7 Å². The van der Waals surface area contributed by atoms with Crippen LogP contribution in [0.2, 0.25) is 0 Å². The highest BCUT2D eigenvalue weighted by Gasteiger charge is 2.03. The van der Waals surface area contributed by atoms with Crippen LogP contribution in [0.1, 0.15) is 36.9 Å². The molecule has 0 amide bonds. The molecule has 0 saturated carbocycles. The number of hydrogen-bond acceptors (Lipinski definition) is 4. The second-order valence-corrected chi connectivity index (χ2v) is 5.32. The van der Waals surface area contributed by atoms with Crippen LogP contribution in [0.15, 0.2) is 5.38 Å². The topological polar surface area (TPSA) is 33.2 Å². The van der Waals surface area contributed by atoms with Crippen molar-refractivity contribution in [2.45, 2.75) is 39.7 Å². The van der Waals surface area contributed by atoms with Gasteiger partial charge in [-0.05, 0) is 40.3 Å². The van der Waals surface area contributed by atoms with Crippen molar-refractivity contribution >= 4 is 17.1 Å². The van der Waals surface area contributed by atoms with Crippen LogP contribution in [-0.2, 0) is 11.3 Å². The smallest absolute Gasteiger partial charge is 0.129 e. The van der Waals surface area contributed by atoms with E-state index in [1.165, 1.54) is 0 Å². The molecule has 0 fully saturated rings. The fraction of sp³-hybridized carbons (Fsp3) is 0.667. The van der Waals surface area contributed by atoms with Crippen molar-refractivity contribution in [3.8, 4) is 0 Å². The number of carbonyl (C=O) groups excluding carboxylic acids is 1. The van der Waals surface area contributed by atoms with E-state index in [1.54, 1.807) is 18.3 Å². The highest BCUT2D eigenvalue weighted by molar-refractivity contribution is 7.09. The molecule has 0 aliphatic heterocycles. The molecule has 16 heavy (non-hydrogen) atoms. The van der Waals surface area contributed by atoms with Gasteiger partial charge in [0.1, 0.15) is 5.78 Å². The minimum Gasteiger partial charge on any atom is -0.301 e. The zero-order valence-corrected chi connectivity index (χ0v) is 11.1. The van der Waals surface area contributed by atoms with Gasteiger partial charge in [-0.3, -0.25) is 0 Å². The summed E-state index contributed by atoms with van der Waals surface area (Å²) in [5.74, 6) is 0.290. The van der Waals surface area contributed by atoms with Gasteiger partial charge >= 0.3 is 0 Å². The highest BCUT2D eigenvalue weighted by atomic mass is 32.1. The van der Waals surface area contributed by atoms with E-state index in [4.69, 9.17) is 0 Å². The van der Waals surface area contributed by atoms with Crippen LogP contribution < -0.4 is 0 Å². The molecule has 0 aliphatic carbocycles. The maximum absolute atomic E-state index is 10.8. The van der Waals surface area contributed by atoms with E-state index in [0.717, 1.165) is 36.6 Å². The zero-order valence-electron chi connectivity index (χ0n) is 10.3. The molecular formula is C12H20N2OS. The second-order valence-electron chi connectivity index (χ2n) is 4.25. The van der Waals surface area contributed by atoms with Crippen LogP contribution in [-0.4, -0.2) is 29.3 Å². The lowest BCUT2D eigenvalue weighted by atomic mass is 10.2. The predicted molar refractivity (Wildman–Crippen MR) is 67.7 cm³/mol. The van der Waals surface area contributed by atoms with Crippen LogP contribution in [0.3, 0.4) is 0 Å². The summed E-state index contributed by atoms with van der Waals surface area (Å²) in [5, 5.41) is 3.24. The Labute approximate surface area is 101 Å². The molecule has 0 radical (unpaired) electrons. The van der Waals surface area contributed by atoms with Gasteiger partial charge in [0.15, 0.2) is 0 Å². The molecule has 90 valence electrons. The Morgan fingerprint density at radius 1 is 1.50 bits per heavy atom. The van der Waals surface area contributed by atoms with Crippen LogP contribution in [0.5, 0.6) is 0 Å². The molecule has 0 aromatic carbocycles. The summed E-state index contributed by atoms with van der Waals surface area (Å²) in [4.78, 5) is 17.4. The van der Waals surface area contributed by atoms with E-state index >= 15 is 0 Å². The number of rotatable bonds is 7. The summed E-state index contributed by atoms with van der Waals surface area (Å²) in [6.45, 7) is 5.62. The average Bonchev–Trinajstić information content (AvgIpc) is 2.58. The maximum atomic E-state index is 10.8. The monoisotopic (exact) mass is 240 g/mol. The summed E-state index contributed by atoms with van der Waals surface area (Å²) in [6.07, 6.45) is 2.79. The third-order valence-corrected chi connectivity index (χ3v) is 3.24. The second kappa shape index (κ2) is 6.76. The molecule has 0 N–H and O–H groups in total. The molecule has 1 heterocycles. The quantitative estimate of drug-likeness (QED) is 0.687. The van der Waals surface area contributed by atoms with Gasteiger partial charge in [-0.2, -0.15) is 0 Å². The lowest BCUT2D eigenvalue weighted by Crippen LogP contribution is -2.19. The number of unbranched alkanes of at least 4 members (excludes halogenated alkanes) is 1. The van der Waals surface area contributed by atoms with E-state index in [9.17, 15) is 4.79 Å². The molecule has 1 aromatic heterocycles. The largest absolute Gasteiger partial charge is 0.301 e. The Morgan fingerprint density at radius 2 is 2.25 bits per heavy atom. The summed E-state index contributed by atoms with van der Waals surface area (Å²) >= 11 is 1.70. The molecule has 0 saturated heterocycles. The minimum absolute atomic E-state index is 0.290. The van der Waals surface area contributed by atoms with Gasteiger partial charge in [-0.1, -0.05) is 0 Å². The number of carbonyl (C=O) groups is 1. The lowest BCUT2D eigenvalue weighted by molar-refractivity contribution is -0.117. The van der Waals surface area contributed by atoms with Gasteiger partial charge in [0, 0.05) is 18.3 Å². The molecule has 0 bridgehead atoms. The molecule has 4 heteroatoms. The van der Waals surface area contributed by atoms with Crippen molar-refractivity contribution in [2.24, 2.45) is 0 Å². The number of aryl methyl sites for hydroxylation is 1. The van der Waals surface area contributed by atoms with E-state index in [-0.39, 0.29) is 5.78 Å². The van der Waals surface area contributed by atoms with Crippen LogP contribution in [0.4, 0.5) is 0 Å². The number of ketones is 1. The minimum atomic E-state index is 0.290. The number of hydrogen-bond donors (Lipinski definition) is 0. The van der Waals surface area contributed by atoms with Crippen molar-refractivity contribution in [2.75, 3.05) is 13.6 Å². The summed E-state index contributed by atoms with van der Waals surface area (Å²) in [6, 6.07) is 0. The average molecular weight is 240 g/mol. The van der Waals surface area contributed by atoms with Crippen molar-refractivity contribution in [3.05, 3.63) is 16.1 Å². The Kier molecular flexibility index (Phi) is 5.63. The van der Waals surface area contributed by atoms with Crippen LogP contribution in [0, 0.1) is 6.92 Å². The van der Waals surface area contributed by atoms with Crippen molar-refractivity contribution in [1.29, 1.82) is 0 Å². The fourth-order valence-corrected chi connectivity index (χ4v) is 2.20. The van der Waals surface area contributed by atoms with E-state index in [0.29, 0.717) is 6.42 Å². The van der Waals surface area contributed by atoms with Gasteiger partial charge in [-0.15, -0.1) is 11.3 Å². The van der Waals surface area contributed by atoms with E-state index in [1.807, 2.05) is 6.92 Å². The predicted octanol–water partition coefficient (Wildman–Crippen LogP) is 2.64. The Bertz CT molecular complexity index is 336. The number of thiazole rings is 1. The van der Waals surface area contributed by atoms with E-state index < -0.39 is 0 Å². The van der Waals surface area contributed by atoms with Gasteiger partial charge in [0.2, 0.25) is 0 Å². The molecule has 0 unspecified atom stereocenters. The first-order valence-corrected chi connectivity index (χ1v) is 6.55. The van der Waals surface area contributed by atoms with E-state index in [2.05, 4.69) is 22.3 Å². The first-order chi connectivity index (χ1) is 7.58. The number of aromatic nitrogens is 1. The molecule has 1 rings (SSSR count). The maximum Gasteiger partial charge on any atom is 0.129 e. The normalized spacial score (nSPS) is 11.0. The molecule has 0 spiro atoms. The highest BCUT2D eigenvalue weighted by Crippen LogP contribution is 2.10. The third kappa shape index (κ3) is 5.37. The summed E-state index contributed by atoms with van der Waals surface area (Å²) in [7, 11) is 2.10. The number of Topliss-reactive ketones (excluding diaryl/α,β-unsaturated/α-hetero) is 1. The Balaban J connectivity index is 2.16. The van der Waals surface area contributed by atoms with Gasteiger partial charge in [-0.25, -0.2) is 4.98 Å². The molecular weight excluding hydrogens is 220 g/mol. The van der Waals surface area contributed by atoms with Crippen LogP contribution >= 0.6 is 11.3 Å². The Morgan fingerprint density at radius 3 is 2.81 bits per heavy atom. The third-order valence-electron chi connectivity index (χ3n) is 2.42. The van der Waals surface area contributed by atoms with Gasteiger partial charge in [0.25, 0.3) is 0 Å². The first-order valence-electron chi connectivity index (χ1n) is 5.67. The Hall–Kier alpha value is -0.740. The van der Waals surface area contributed by atoms with Crippen LogP contribution in [0.25, 0.3) is 0 Å². The number of nitrogens with zero attached hydrogens (tertiary/aromatic N) is 2. The first kappa shape index (κ1) is 13.3. The molecule has 0 aliphatic rings. The van der Waals surface area contributed by atoms with Crippen molar-refractivity contribution in [3.63, 3.8) is 0 Å². The summed E-state index contributed by atoms with van der Waals surface area (Å²) in [5.41, 5.74) is 1.15. The molecule has 3 nitrogen and oxygen atoms in total.